The van der Waals surface area contributed by atoms with Crippen LogP contribution in [0.2, 0.25) is 0 Å². The molecule has 2 rings (SSSR count). The predicted octanol–water partition coefficient (Wildman–Crippen LogP) is 19.0. The van der Waals surface area contributed by atoms with E-state index in [0.29, 0.717) is 41.2 Å². The molecule has 1 N–H and O–H groups in total. The fraction of sp³-hybridized carbons (Fsp3) is 0.927. The molecular weight excluding hydrogens is 1040 g/mol. The maximum atomic E-state index is 12.9. The molecule has 415 valence electrons. The molecule has 2 fully saturated rings. The van der Waals surface area contributed by atoms with Crippen molar-refractivity contribution in [1.29, 1.82) is 0 Å². The smallest absolute Gasteiger partial charge is 0.373 e. The third kappa shape index (κ3) is 60.3. The average molecular weight is 1170 g/mol. The first kappa shape index (κ1) is 96.5. The van der Waals surface area contributed by atoms with Crippen LogP contribution < -0.4 is 4.72 Å². The number of rotatable bonds is 14. The quantitative estimate of drug-likeness (QED) is 0.0815. The zero-order valence-electron chi connectivity index (χ0n) is 47.2. The van der Waals surface area contributed by atoms with Gasteiger partial charge in [-0.2, -0.15) is 0 Å². The van der Waals surface area contributed by atoms with Crippen LogP contribution in [0.3, 0.4) is 0 Å². The minimum Gasteiger partial charge on any atom is -0.373 e. The number of halogens is 4. The van der Waals surface area contributed by atoms with Crippen molar-refractivity contribution in [2.45, 2.75) is 294 Å². The van der Waals surface area contributed by atoms with Crippen LogP contribution in [0.4, 0.5) is 17.6 Å². The maximum absolute atomic E-state index is 12.9. The van der Waals surface area contributed by atoms with Crippen molar-refractivity contribution < 1.29 is 56.5 Å². The van der Waals surface area contributed by atoms with Crippen LogP contribution in [0.15, 0.2) is 12.2 Å². The fourth-order valence-corrected chi connectivity index (χ4v) is 5.03. The minimum atomic E-state index is -3.04. The molecule has 0 aromatic rings. The summed E-state index contributed by atoms with van der Waals surface area (Å²) in [6.07, 6.45) is 10.3. The molecule has 12 heteroatoms. The first-order valence-electron chi connectivity index (χ1n) is 23.4. The number of alkyl halides is 4. The van der Waals surface area contributed by atoms with E-state index in [2.05, 4.69) is 116 Å². The van der Waals surface area contributed by atoms with E-state index < -0.39 is 39.0 Å². The molecule has 0 saturated heterocycles. The van der Waals surface area contributed by atoms with Gasteiger partial charge in [-0.1, -0.05) is 166 Å². The van der Waals surface area contributed by atoms with Gasteiger partial charge in [0.05, 0.1) is 29.2 Å². The molecule has 0 aliphatic heterocycles. The van der Waals surface area contributed by atoms with Crippen LogP contribution in [-0.2, 0) is 40.6 Å². The number of allylic oxidation sites excluding steroid dienone is 2. The normalized spacial score (nSPS) is 15.9. The largest absolute Gasteiger partial charge is 2.00 e. The molecule has 67 heavy (non-hydrogen) atoms. The number of hydrogen-bond acceptors (Lipinski definition) is 4. The van der Waals surface area contributed by atoms with Gasteiger partial charge in [0.15, 0.2) is 0 Å². The molecule has 0 heterocycles. The minimum absolute atomic E-state index is 0. The SMILES string of the molecule is C.C.C.CC(C)(C)C(C)(C)C.CC(C)C(F)F.CC(C)C/C=C/C(F)(F)C(C)C.CC(C)NS(=O)(=O)C1(C)CC1.CC(C)O[C@@H]1CCC[C@H]1OC(C)C.CCC(C)C.CCC(C)C.[B].[CH3-].[CH3-].[W+2]. The number of sulfonamides is 1. The second-order valence-corrected chi connectivity index (χ2v) is 23.9. The van der Waals surface area contributed by atoms with Crippen LogP contribution in [0, 0.1) is 55.3 Å². The average Bonchev–Trinajstić information content (AvgIpc) is 3.69. The second kappa shape index (κ2) is 48.3. The molecule has 0 aromatic carbocycles. The van der Waals surface area contributed by atoms with Gasteiger partial charge in [0.25, 0.3) is 5.92 Å². The number of hydrogen-bond donors (Lipinski definition) is 1. The summed E-state index contributed by atoms with van der Waals surface area (Å²) in [6.45, 7) is 50.8. The van der Waals surface area contributed by atoms with Crippen molar-refractivity contribution in [2.24, 2.45) is 40.4 Å². The van der Waals surface area contributed by atoms with E-state index in [1.807, 2.05) is 27.7 Å². The van der Waals surface area contributed by atoms with E-state index in [1.165, 1.54) is 47.0 Å². The molecule has 0 amide bonds. The van der Waals surface area contributed by atoms with Crippen molar-refractivity contribution in [1.82, 2.24) is 4.72 Å². The van der Waals surface area contributed by atoms with E-state index in [-0.39, 0.29) is 72.7 Å². The Kier molecular flexibility index (Phi) is 69.6. The van der Waals surface area contributed by atoms with Gasteiger partial charge in [-0.3, -0.25) is 0 Å². The summed E-state index contributed by atoms with van der Waals surface area (Å²) in [5.41, 5.74) is 0.875. The van der Waals surface area contributed by atoms with Gasteiger partial charge in [0.2, 0.25) is 16.4 Å². The van der Waals surface area contributed by atoms with Crippen LogP contribution in [-0.4, -0.2) is 64.4 Å². The second-order valence-electron chi connectivity index (χ2n) is 21.6. The van der Waals surface area contributed by atoms with Crippen molar-refractivity contribution in [2.75, 3.05) is 0 Å². The van der Waals surface area contributed by atoms with Gasteiger partial charge in [-0.05, 0) is 122 Å². The number of ether oxygens (including phenoxy) is 2. The summed E-state index contributed by atoms with van der Waals surface area (Å²) in [4.78, 5) is 0. The van der Waals surface area contributed by atoms with E-state index in [9.17, 15) is 26.0 Å². The van der Waals surface area contributed by atoms with Crippen molar-refractivity contribution in [3.63, 3.8) is 0 Å². The topological polar surface area (TPSA) is 64.6 Å². The molecule has 2 aliphatic rings. The summed E-state index contributed by atoms with van der Waals surface area (Å²) in [5, 5.41) is 0. The Morgan fingerprint density at radius 1 is 0.657 bits per heavy atom. The van der Waals surface area contributed by atoms with Crippen molar-refractivity contribution in [3.05, 3.63) is 27.0 Å². The molecule has 3 radical (unpaired) electrons. The summed E-state index contributed by atoms with van der Waals surface area (Å²) in [5.74, 6) is -1.52. The standard InChI is InChI=1S/C11H22O2.C10H18F2.C8H18.C7H15NO2S.2C5H12.C4H8F2.3CH4.2CH3.B.W/c1-8(2)12-10-6-5-7-11(10)13-9(3)4;1-8(2)6-5-7-10(11,12)9(3)4;1-7(2,3)8(4,5)6;1-6(2)8-11(9,10)7(3)4-5-7;2*1-4-5(2)3;1-3(2)4(5)6;;;;;;;/h8-11H,5-7H2,1-4H3;5,7-9H,6H2,1-4H3;1-6H3;6,8H,4-5H2,1-3H3;2*5H,4H2,1-3H3;3-4H,1-2H3;3*1H4;2*1H3;;/q;;;;;;;;;;2*-1;;+2/b;7-5+;;;;;;;;;;;;/t10-,11-;;;;;;;;;;;;;/m1............./s1. The third-order valence-corrected chi connectivity index (χ3v) is 12.9. The Hall–Kier alpha value is 0.0432. The van der Waals surface area contributed by atoms with Gasteiger partial charge in [-0.25, -0.2) is 30.7 Å². The predicted molar refractivity (Wildman–Crippen MR) is 296 cm³/mol. The molecule has 0 unspecified atom stereocenters. The van der Waals surface area contributed by atoms with E-state index in [1.54, 1.807) is 13.0 Å². The summed E-state index contributed by atoms with van der Waals surface area (Å²) in [6, 6.07) is 0.0115. The van der Waals surface area contributed by atoms with Crippen molar-refractivity contribution in [3.8, 4) is 0 Å². The van der Waals surface area contributed by atoms with Gasteiger partial charge in [-0.15, -0.1) is 0 Å². The zero-order valence-corrected chi connectivity index (χ0v) is 51.0. The summed E-state index contributed by atoms with van der Waals surface area (Å²) >= 11 is 0. The van der Waals surface area contributed by atoms with Crippen LogP contribution in [0.5, 0.6) is 0 Å². The molecule has 2 saturated carbocycles. The first-order chi connectivity index (χ1) is 26.8. The Balaban J connectivity index is -0.0000000532. The van der Waals surface area contributed by atoms with E-state index >= 15 is 0 Å². The monoisotopic (exact) mass is 1160 g/mol. The van der Waals surface area contributed by atoms with Crippen LogP contribution >= 0.6 is 0 Å². The summed E-state index contributed by atoms with van der Waals surface area (Å²) in [7, 11) is -3.04. The van der Waals surface area contributed by atoms with Gasteiger partial charge >= 0.3 is 21.1 Å². The molecule has 0 spiro atoms. The molecule has 0 aromatic heterocycles. The molecule has 2 atom stereocenters. The zero-order chi connectivity index (χ0) is 49.0. The van der Waals surface area contributed by atoms with E-state index in [4.69, 9.17) is 9.47 Å². The fourth-order valence-electron chi connectivity index (χ4n) is 3.49. The molecular formula is C55H123BF4NO4SW. The Morgan fingerprint density at radius 3 is 1.10 bits per heavy atom. The van der Waals surface area contributed by atoms with Gasteiger partial charge in [0, 0.05) is 26.3 Å². The number of nitrogens with one attached hydrogen (secondary N) is 1. The van der Waals surface area contributed by atoms with Crippen molar-refractivity contribution >= 4 is 18.4 Å². The Bertz CT molecular complexity index is 1090. The van der Waals surface area contributed by atoms with Crippen LogP contribution in [0.25, 0.3) is 0 Å². The molecule has 2 aliphatic carbocycles. The third-order valence-electron chi connectivity index (χ3n) is 10.4. The summed E-state index contributed by atoms with van der Waals surface area (Å²) < 4.78 is 84.7. The van der Waals surface area contributed by atoms with E-state index in [0.717, 1.165) is 50.0 Å². The Labute approximate surface area is 439 Å². The van der Waals surface area contributed by atoms with Crippen LogP contribution in [0.1, 0.15) is 247 Å². The molecule has 0 bridgehead atoms. The van der Waals surface area contributed by atoms with Gasteiger partial charge < -0.3 is 24.3 Å². The maximum Gasteiger partial charge on any atom is 2.00 e. The Morgan fingerprint density at radius 2 is 0.940 bits per heavy atom. The van der Waals surface area contributed by atoms with Gasteiger partial charge in [0.1, 0.15) is 0 Å². The first-order valence-corrected chi connectivity index (χ1v) is 24.9. The molecule has 5 nitrogen and oxygen atoms in total.